The Bertz CT molecular complexity index is 1060. The Kier molecular flexibility index (Phi) is 5.85. The number of nitrogens with one attached hydrogen (secondary N) is 1. The maximum absolute atomic E-state index is 12.6. The minimum atomic E-state index is -0.666. The summed E-state index contributed by atoms with van der Waals surface area (Å²) in [6, 6.07) is 17.2. The molecule has 0 bridgehead atoms. The second kappa shape index (κ2) is 7.81. The normalized spacial score (nSPS) is 12.9. The highest BCUT2D eigenvalue weighted by molar-refractivity contribution is 8.01. The molecule has 0 fully saturated rings. The Labute approximate surface area is 184 Å². The van der Waals surface area contributed by atoms with Crippen LogP contribution < -0.4 is 0 Å². The number of aromatic nitrogens is 1. The van der Waals surface area contributed by atoms with Crippen LogP contribution in [0.1, 0.15) is 61.0 Å². The molecule has 0 aliphatic carbocycles. The Morgan fingerprint density at radius 3 is 2.23 bits per heavy atom. The van der Waals surface area contributed by atoms with Gasteiger partial charge in [-0.15, -0.1) is 11.8 Å². The lowest BCUT2D eigenvalue weighted by Gasteiger charge is -2.28. The van der Waals surface area contributed by atoms with Crippen molar-refractivity contribution in [2.24, 2.45) is 0 Å². The van der Waals surface area contributed by atoms with Crippen LogP contribution in [0.5, 0.6) is 0 Å². The lowest BCUT2D eigenvalue weighted by molar-refractivity contribution is -0.156. The minimum absolute atomic E-state index is 0.110. The van der Waals surface area contributed by atoms with Crippen molar-refractivity contribution in [3.8, 4) is 11.3 Å². The second-order valence-corrected chi connectivity index (χ2v) is 12.1. The summed E-state index contributed by atoms with van der Waals surface area (Å²) in [6.07, 6.45) is 0. The van der Waals surface area contributed by atoms with Crippen LogP contribution >= 0.6 is 11.8 Å². The summed E-state index contributed by atoms with van der Waals surface area (Å²) in [4.78, 5) is 17.2. The monoisotopic (exact) mass is 423 g/mol. The van der Waals surface area contributed by atoms with Crippen molar-refractivity contribution in [3.05, 3.63) is 54.1 Å². The Hall–Kier alpha value is -2.20. The number of thioether (sulfide) groups is 1. The fraction of sp³-hybridized carbons (Fsp3) is 0.423. The summed E-state index contributed by atoms with van der Waals surface area (Å²) in [6.45, 7) is 16.2. The molecule has 30 heavy (non-hydrogen) atoms. The van der Waals surface area contributed by atoms with E-state index in [9.17, 15) is 4.79 Å². The maximum atomic E-state index is 12.6. The molecule has 0 spiro atoms. The van der Waals surface area contributed by atoms with Gasteiger partial charge in [-0.1, -0.05) is 39.0 Å². The Morgan fingerprint density at radius 1 is 0.900 bits per heavy atom. The lowest BCUT2D eigenvalue weighted by Crippen LogP contribution is -2.36. The third kappa shape index (κ3) is 5.28. The van der Waals surface area contributed by atoms with Gasteiger partial charge in [0.15, 0.2) is 0 Å². The van der Waals surface area contributed by atoms with Crippen molar-refractivity contribution in [1.82, 2.24) is 4.98 Å². The van der Waals surface area contributed by atoms with Gasteiger partial charge in [-0.25, -0.2) is 0 Å². The molecule has 0 saturated heterocycles. The molecule has 0 aliphatic rings. The van der Waals surface area contributed by atoms with Crippen molar-refractivity contribution < 1.29 is 9.53 Å². The summed E-state index contributed by atoms with van der Waals surface area (Å²) in [7, 11) is 0. The molecule has 2 aromatic carbocycles. The standard InChI is InChI=1S/C26H33NO2S/c1-24(2,3)19-11-9-10-17(14-19)22-16-18-15-20(12-13-21(18)27-22)30-26(7,8)23(28)29-25(4,5)6/h9-16,27H,1-8H3. The van der Waals surface area contributed by atoms with Crippen LogP contribution in [0.3, 0.4) is 0 Å². The molecule has 3 aromatic rings. The quantitative estimate of drug-likeness (QED) is 0.352. The van der Waals surface area contributed by atoms with Gasteiger partial charge in [0.05, 0.1) is 0 Å². The summed E-state index contributed by atoms with van der Waals surface area (Å²) in [5, 5.41) is 1.14. The number of H-pyrrole nitrogens is 1. The van der Waals surface area contributed by atoms with Crippen LogP contribution in [-0.2, 0) is 14.9 Å². The molecule has 0 amide bonds. The third-order valence-corrected chi connectivity index (χ3v) is 6.06. The zero-order chi connectivity index (χ0) is 22.3. The van der Waals surface area contributed by atoms with Gasteiger partial charge in [0.1, 0.15) is 10.3 Å². The Morgan fingerprint density at radius 2 is 1.60 bits per heavy atom. The molecule has 1 N–H and O–H groups in total. The molecular weight excluding hydrogens is 390 g/mol. The van der Waals surface area contributed by atoms with Crippen LogP contribution in [0, 0.1) is 0 Å². The summed E-state index contributed by atoms with van der Waals surface area (Å²) in [5.41, 5.74) is 4.31. The average molecular weight is 424 g/mol. The number of carbonyl (C=O) groups excluding carboxylic acids is 1. The maximum Gasteiger partial charge on any atom is 0.322 e. The van der Waals surface area contributed by atoms with Crippen LogP contribution in [0.25, 0.3) is 22.2 Å². The fourth-order valence-corrected chi connectivity index (χ4v) is 4.26. The smallest absolute Gasteiger partial charge is 0.322 e. The molecule has 4 heteroatoms. The largest absolute Gasteiger partial charge is 0.459 e. The van der Waals surface area contributed by atoms with Crippen molar-refractivity contribution in [2.45, 2.75) is 76.0 Å². The van der Waals surface area contributed by atoms with E-state index in [2.05, 4.69) is 74.3 Å². The highest BCUT2D eigenvalue weighted by Gasteiger charge is 2.33. The average Bonchev–Trinajstić information content (AvgIpc) is 3.02. The van der Waals surface area contributed by atoms with Gasteiger partial charge in [-0.2, -0.15) is 0 Å². The van der Waals surface area contributed by atoms with E-state index < -0.39 is 10.3 Å². The van der Waals surface area contributed by atoms with Gasteiger partial charge in [0, 0.05) is 21.5 Å². The van der Waals surface area contributed by atoms with Crippen LogP contribution in [0.2, 0.25) is 0 Å². The van der Waals surface area contributed by atoms with Crippen LogP contribution in [-0.4, -0.2) is 21.3 Å². The van der Waals surface area contributed by atoms with E-state index in [-0.39, 0.29) is 11.4 Å². The number of ether oxygens (including phenoxy) is 1. The molecule has 1 heterocycles. The molecule has 0 aliphatic heterocycles. The lowest BCUT2D eigenvalue weighted by atomic mass is 9.86. The SMILES string of the molecule is CC(C)(C)OC(=O)C(C)(C)Sc1ccc2[nH]c(-c3cccc(C(C)(C)C)c3)cc2c1. The molecule has 3 rings (SSSR count). The van der Waals surface area contributed by atoms with E-state index in [1.807, 2.05) is 34.6 Å². The molecular formula is C26H33NO2S. The number of esters is 1. The molecule has 3 nitrogen and oxygen atoms in total. The van der Waals surface area contributed by atoms with E-state index in [1.165, 1.54) is 22.9 Å². The van der Waals surface area contributed by atoms with Gasteiger partial charge in [0.25, 0.3) is 0 Å². The van der Waals surface area contributed by atoms with Gasteiger partial charge >= 0.3 is 5.97 Å². The van der Waals surface area contributed by atoms with E-state index in [0.717, 1.165) is 21.5 Å². The summed E-state index contributed by atoms with van der Waals surface area (Å²) < 4.78 is 4.93. The highest BCUT2D eigenvalue weighted by atomic mass is 32.2. The van der Waals surface area contributed by atoms with Gasteiger partial charge < -0.3 is 9.72 Å². The number of benzene rings is 2. The van der Waals surface area contributed by atoms with Gasteiger partial charge in [-0.05, 0) is 81.5 Å². The molecule has 1 aromatic heterocycles. The number of rotatable bonds is 4. The van der Waals surface area contributed by atoms with E-state index in [0.29, 0.717) is 0 Å². The third-order valence-electron chi connectivity index (χ3n) is 4.90. The van der Waals surface area contributed by atoms with Gasteiger partial charge in [0.2, 0.25) is 0 Å². The number of fused-ring (bicyclic) bond motifs is 1. The van der Waals surface area contributed by atoms with Crippen LogP contribution in [0.15, 0.2) is 53.4 Å². The minimum Gasteiger partial charge on any atom is -0.459 e. The van der Waals surface area contributed by atoms with Crippen molar-refractivity contribution in [3.63, 3.8) is 0 Å². The first-order valence-electron chi connectivity index (χ1n) is 10.4. The summed E-state index contributed by atoms with van der Waals surface area (Å²) in [5.74, 6) is -0.200. The number of aromatic amines is 1. The van der Waals surface area contributed by atoms with Crippen molar-refractivity contribution in [1.29, 1.82) is 0 Å². The zero-order valence-corrected chi connectivity index (χ0v) is 20.2. The molecule has 0 atom stereocenters. The van der Waals surface area contributed by atoms with E-state index >= 15 is 0 Å². The molecule has 0 saturated carbocycles. The van der Waals surface area contributed by atoms with Gasteiger partial charge in [-0.3, -0.25) is 4.79 Å². The van der Waals surface area contributed by atoms with Crippen molar-refractivity contribution in [2.75, 3.05) is 0 Å². The number of carbonyl (C=O) groups is 1. The predicted octanol–water partition coefficient (Wildman–Crippen LogP) is 7.34. The summed E-state index contributed by atoms with van der Waals surface area (Å²) >= 11 is 1.53. The topological polar surface area (TPSA) is 42.1 Å². The molecule has 160 valence electrons. The predicted molar refractivity (Wildman–Crippen MR) is 128 cm³/mol. The number of hydrogen-bond donors (Lipinski definition) is 1. The second-order valence-electron chi connectivity index (χ2n) is 10.4. The highest BCUT2D eigenvalue weighted by Crippen LogP contribution is 2.37. The Balaban J connectivity index is 1.87. The number of hydrogen-bond acceptors (Lipinski definition) is 3. The van der Waals surface area contributed by atoms with E-state index in [1.54, 1.807) is 0 Å². The molecule has 0 radical (unpaired) electrons. The molecule has 0 unspecified atom stereocenters. The van der Waals surface area contributed by atoms with Crippen LogP contribution in [0.4, 0.5) is 0 Å². The first kappa shape index (κ1) is 22.5. The van der Waals surface area contributed by atoms with Crippen molar-refractivity contribution >= 4 is 28.6 Å². The van der Waals surface area contributed by atoms with E-state index in [4.69, 9.17) is 4.74 Å². The zero-order valence-electron chi connectivity index (χ0n) is 19.3. The first-order valence-corrected chi connectivity index (χ1v) is 11.2. The fourth-order valence-electron chi connectivity index (χ4n) is 3.22. The first-order chi connectivity index (χ1) is 13.7.